The van der Waals surface area contributed by atoms with Crippen LogP contribution >= 0.6 is 0 Å². The number of piperazine rings is 1. The van der Waals surface area contributed by atoms with Crippen LogP contribution in [0.2, 0.25) is 0 Å². The maximum absolute atomic E-state index is 2.87. The first-order valence-corrected chi connectivity index (χ1v) is 8.55. The van der Waals surface area contributed by atoms with E-state index >= 15 is 0 Å². The van der Waals surface area contributed by atoms with E-state index in [1.807, 2.05) is 0 Å². The van der Waals surface area contributed by atoms with Gasteiger partial charge in [-0.05, 0) is 45.6 Å². The third kappa shape index (κ3) is 2.45. The molecule has 4 aliphatic rings. The van der Waals surface area contributed by atoms with E-state index in [0.717, 1.165) is 24.2 Å². The van der Waals surface area contributed by atoms with Gasteiger partial charge < -0.3 is 0 Å². The van der Waals surface area contributed by atoms with Crippen molar-refractivity contribution in [3.63, 3.8) is 0 Å². The predicted molar refractivity (Wildman–Crippen MR) is 78.4 cm³/mol. The molecule has 0 amide bonds. The van der Waals surface area contributed by atoms with Crippen molar-refractivity contribution in [1.82, 2.24) is 14.7 Å². The molecule has 4 rings (SSSR count). The van der Waals surface area contributed by atoms with Crippen molar-refractivity contribution in [2.75, 3.05) is 32.7 Å². The lowest BCUT2D eigenvalue weighted by Gasteiger charge is -2.49. The van der Waals surface area contributed by atoms with E-state index in [9.17, 15) is 0 Å². The molecule has 0 bridgehead atoms. The highest BCUT2D eigenvalue weighted by molar-refractivity contribution is 4.97. The Bertz CT molecular complexity index is 328. The molecule has 3 heteroatoms. The van der Waals surface area contributed by atoms with E-state index in [2.05, 4.69) is 21.6 Å². The van der Waals surface area contributed by atoms with Gasteiger partial charge in [-0.1, -0.05) is 6.42 Å². The summed E-state index contributed by atoms with van der Waals surface area (Å²) in [5.74, 6) is 0. The summed E-state index contributed by atoms with van der Waals surface area (Å²) in [7, 11) is 0. The molecule has 0 N–H and O–H groups in total. The Hall–Kier alpha value is -0.120. The molecular formula is C16H29N3. The van der Waals surface area contributed by atoms with E-state index < -0.39 is 0 Å². The monoisotopic (exact) mass is 263 g/mol. The SMILES string of the molecule is CC1CN2CCCCC2CN1C1CCN(C2CC2)C1. The third-order valence-corrected chi connectivity index (χ3v) is 5.96. The van der Waals surface area contributed by atoms with Gasteiger partial charge in [-0.3, -0.25) is 14.7 Å². The van der Waals surface area contributed by atoms with Crippen LogP contribution in [0.25, 0.3) is 0 Å². The van der Waals surface area contributed by atoms with Crippen LogP contribution in [0.15, 0.2) is 0 Å². The molecule has 3 nitrogen and oxygen atoms in total. The van der Waals surface area contributed by atoms with E-state index in [1.165, 1.54) is 71.2 Å². The van der Waals surface area contributed by atoms with Crippen LogP contribution in [0, 0.1) is 0 Å². The third-order valence-electron chi connectivity index (χ3n) is 5.96. The number of piperidine rings is 1. The lowest BCUT2D eigenvalue weighted by Crippen LogP contribution is -2.61. The van der Waals surface area contributed by atoms with Gasteiger partial charge in [-0.15, -0.1) is 0 Å². The summed E-state index contributed by atoms with van der Waals surface area (Å²) in [6.07, 6.45) is 8.71. The second-order valence-corrected chi connectivity index (χ2v) is 7.36. The van der Waals surface area contributed by atoms with Gasteiger partial charge in [0, 0.05) is 50.3 Å². The number of likely N-dealkylation sites (tertiary alicyclic amines) is 1. The summed E-state index contributed by atoms with van der Waals surface area (Å²) in [4.78, 5) is 8.41. The highest BCUT2D eigenvalue weighted by Gasteiger charge is 2.41. The smallest absolute Gasteiger partial charge is 0.0239 e. The van der Waals surface area contributed by atoms with Gasteiger partial charge in [-0.25, -0.2) is 0 Å². The lowest BCUT2D eigenvalue weighted by atomic mass is 9.95. The van der Waals surface area contributed by atoms with E-state index in [4.69, 9.17) is 0 Å². The number of hydrogen-bond acceptors (Lipinski definition) is 3. The van der Waals surface area contributed by atoms with Crippen LogP contribution in [0.4, 0.5) is 0 Å². The average molecular weight is 263 g/mol. The Kier molecular flexibility index (Phi) is 3.33. The first-order valence-electron chi connectivity index (χ1n) is 8.55. The molecule has 3 saturated heterocycles. The standard InChI is InChI=1S/C16H29N3/c1-13-10-17-8-3-2-4-15(17)12-19(13)16-7-9-18(11-16)14-5-6-14/h13-16H,2-12H2,1H3. The van der Waals surface area contributed by atoms with Crippen molar-refractivity contribution in [3.8, 4) is 0 Å². The minimum absolute atomic E-state index is 0.776. The zero-order valence-corrected chi connectivity index (χ0v) is 12.4. The Morgan fingerprint density at radius 2 is 1.53 bits per heavy atom. The Morgan fingerprint density at radius 3 is 2.37 bits per heavy atom. The van der Waals surface area contributed by atoms with Crippen molar-refractivity contribution in [2.24, 2.45) is 0 Å². The van der Waals surface area contributed by atoms with Gasteiger partial charge in [0.05, 0.1) is 0 Å². The first kappa shape index (κ1) is 12.6. The molecule has 3 aliphatic heterocycles. The highest BCUT2D eigenvalue weighted by atomic mass is 15.4. The molecule has 3 atom stereocenters. The average Bonchev–Trinajstić information content (AvgIpc) is 3.16. The Labute approximate surface area is 117 Å². The van der Waals surface area contributed by atoms with E-state index in [0.29, 0.717) is 0 Å². The van der Waals surface area contributed by atoms with Crippen molar-refractivity contribution < 1.29 is 0 Å². The topological polar surface area (TPSA) is 9.72 Å². The highest BCUT2D eigenvalue weighted by Crippen LogP contribution is 2.33. The molecule has 0 aromatic heterocycles. The van der Waals surface area contributed by atoms with Crippen LogP contribution in [0.3, 0.4) is 0 Å². The summed E-state index contributed by atoms with van der Waals surface area (Å²) in [5.41, 5.74) is 0. The molecule has 0 radical (unpaired) electrons. The molecule has 0 aromatic rings. The second kappa shape index (κ2) is 5.01. The molecule has 108 valence electrons. The lowest BCUT2D eigenvalue weighted by molar-refractivity contribution is -0.00581. The zero-order chi connectivity index (χ0) is 12.8. The molecule has 1 aliphatic carbocycles. The fraction of sp³-hybridized carbons (Fsp3) is 1.00. The van der Waals surface area contributed by atoms with Crippen molar-refractivity contribution in [2.45, 2.75) is 69.6 Å². The van der Waals surface area contributed by atoms with Crippen molar-refractivity contribution in [3.05, 3.63) is 0 Å². The van der Waals surface area contributed by atoms with Crippen LogP contribution in [-0.2, 0) is 0 Å². The van der Waals surface area contributed by atoms with E-state index in [1.54, 1.807) is 0 Å². The fourth-order valence-electron chi connectivity index (χ4n) is 4.69. The summed E-state index contributed by atoms with van der Waals surface area (Å²) in [5, 5.41) is 0. The van der Waals surface area contributed by atoms with Gasteiger partial charge in [-0.2, -0.15) is 0 Å². The molecule has 3 heterocycles. The number of rotatable bonds is 2. The van der Waals surface area contributed by atoms with Gasteiger partial charge >= 0.3 is 0 Å². The largest absolute Gasteiger partial charge is 0.299 e. The quantitative estimate of drug-likeness (QED) is 0.752. The zero-order valence-electron chi connectivity index (χ0n) is 12.4. The number of nitrogens with zero attached hydrogens (tertiary/aromatic N) is 3. The molecule has 19 heavy (non-hydrogen) atoms. The summed E-state index contributed by atoms with van der Waals surface area (Å²) < 4.78 is 0. The van der Waals surface area contributed by atoms with Gasteiger partial charge in [0.1, 0.15) is 0 Å². The normalized spacial score (nSPS) is 42.5. The number of fused-ring (bicyclic) bond motifs is 1. The van der Waals surface area contributed by atoms with Crippen molar-refractivity contribution in [1.29, 1.82) is 0 Å². The maximum Gasteiger partial charge on any atom is 0.0239 e. The van der Waals surface area contributed by atoms with Crippen molar-refractivity contribution >= 4 is 0 Å². The van der Waals surface area contributed by atoms with Crippen LogP contribution < -0.4 is 0 Å². The van der Waals surface area contributed by atoms with Gasteiger partial charge in [0.2, 0.25) is 0 Å². The molecule has 1 saturated carbocycles. The van der Waals surface area contributed by atoms with Gasteiger partial charge in [0.15, 0.2) is 0 Å². The minimum atomic E-state index is 0.776. The summed E-state index contributed by atoms with van der Waals surface area (Å²) >= 11 is 0. The molecular weight excluding hydrogens is 234 g/mol. The minimum Gasteiger partial charge on any atom is -0.299 e. The van der Waals surface area contributed by atoms with Gasteiger partial charge in [0.25, 0.3) is 0 Å². The first-order chi connectivity index (χ1) is 9.31. The van der Waals surface area contributed by atoms with Crippen LogP contribution in [-0.4, -0.2) is 71.6 Å². The van der Waals surface area contributed by atoms with Crippen LogP contribution in [0.1, 0.15) is 45.4 Å². The number of hydrogen-bond donors (Lipinski definition) is 0. The fourth-order valence-corrected chi connectivity index (χ4v) is 4.69. The molecule has 0 spiro atoms. The molecule has 0 aromatic carbocycles. The summed E-state index contributed by atoms with van der Waals surface area (Å²) in [6.45, 7) is 9.23. The molecule has 4 fully saturated rings. The predicted octanol–water partition coefficient (Wildman–Crippen LogP) is 1.78. The Morgan fingerprint density at radius 1 is 0.684 bits per heavy atom. The maximum atomic E-state index is 2.87. The second-order valence-electron chi connectivity index (χ2n) is 7.36. The summed E-state index contributed by atoms with van der Waals surface area (Å²) in [6, 6.07) is 3.48. The molecule has 3 unspecified atom stereocenters. The van der Waals surface area contributed by atoms with E-state index in [-0.39, 0.29) is 0 Å². The van der Waals surface area contributed by atoms with Crippen LogP contribution in [0.5, 0.6) is 0 Å². The Balaban J connectivity index is 1.40.